The number of carbonyl (C=O) groups is 1. The van der Waals surface area contributed by atoms with Crippen molar-refractivity contribution in [3.63, 3.8) is 0 Å². The van der Waals surface area contributed by atoms with E-state index in [4.69, 9.17) is 9.73 Å². The summed E-state index contributed by atoms with van der Waals surface area (Å²) in [4.78, 5) is 15.5. The summed E-state index contributed by atoms with van der Waals surface area (Å²) in [5, 5.41) is 1.10. The van der Waals surface area contributed by atoms with Crippen molar-refractivity contribution in [1.82, 2.24) is 0 Å². The molecule has 0 aliphatic carbocycles. The summed E-state index contributed by atoms with van der Waals surface area (Å²) in [5.74, 6) is -0.227. The Morgan fingerprint density at radius 3 is 2.33 bits per heavy atom. The van der Waals surface area contributed by atoms with Crippen LogP contribution in [0.2, 0.25) is 19.6 Å². The largest absolute Gasteiger partial charge is 0.466 e. The van der Waals surface area contributed by atoms with E-state index < -0.39 is 8.07 Å². The molecule has 0 aromatic heterocycles. The molecular weight excluding hydrogens is 298 g/mol. The van der Waals surface area contributed by atoms with Gasteiger partial charge in [-0.1, -0.05) is 43.9 Å². The van der Waals surface area contributed by atoms with E-state index in [-0.39, 0.29) is 5.97 Å². The third-order valence-corrected chi connectivity index (χ3v) is 4.65. The Hall–Kier alpha value is -1.07. The molecule has 0 fully saturated rings. The number of hydrogen-bond donors (Lipinski definition) is 0. The molecule has 0 amide bonds. The van der Waals surface area contributed by atoms with Gasteiger partial charge in [0, 0.05) is 25.1 Å². The average Bonchev–Trinajstić information content (AvgIpc) is 2.39. The maximum absolute atomic E-state index is 10.7. The molecule has 3 nitrogen and oxygen atoms in total. The Kier molecular flexibility index (Phi) is 7.18. The Morgan fingerprint density at radius 2 is 1.86 bits per heavy atom. The minimum Gasteiger partial charge on any atom is -0.466 e. The van der Waals surface area contributed by atoms with Gasteiger partial charge in [-0.15, -0.1) is 11.8 Å². The van der Waals surface area contributed by atoms with Crippen LogP contribution in [0.25, 0.3) is 0 Å². The molecule has 0 aliphatic heterocycles. The number of carbonyl (C=O) groups excluding carboxylic acids is 1. The number of nitrogens with zero attached hydrogens (tertiary/aromatic N) is 1. The van der Waals surface area contributed by atoms with Gasteiger partial charge in [-0.2, -0.15) is 0 Å². The molecule has 21 heavy (non-hydrogen) atoms. The summed E-state index contributed by atoms with van der Waals surface area (Å²) < 4.78 is 4.96. The number of ether oxygens (including phenoxy) is 1. The van der Waals surface area contributed by atoms with Crippen LogP contribution < -0.4 is 0 Å². The van der Waals surface area contributed by atoms with Gasteiger partial charge in [0.25, 0.3) is 0 Å². The predicted molar refractivity (Wildman–Crippen MR) is 95.0 cm³/mol. The van der Waals surface area contributed by atoms with Crippen LogP contribution in [-0.4, -0.2) is 38.1 Å². The van der Waals surface area contributed by atoms with Gasteiger partial charge in [-0.05, 0) is 11.8 Å². The zero-order chi connectivity index (χ0) is 15.9. The van der Waals surface area contributed by atoms with Crippen LogP contribution in [0.15, 0.2) is 29.3 Å². The van der Waals surface area contributed by atoms with E-state index in [0.29, 0.717) is 6.61 Å². The topological polar surface area (TPSA) is 38.7 Å². The monoisotopic (exact) mass is 323 g/mol. The lowest BCUT2D eigenvalue weighted by atomic mass is 10.1. The first-order valence-electron chi connectivity index (χ1n) is 7.13. The number of benzene rings is 1. The molecular formula is C16H25NO2SSi. The number of esters is 1. The molecule has 0 atom stereocenters. The molecule has 0 spiro atoms. The maximum Gasteiger partial charge on any atom is 0.302 e. The zero-order valence-corrected chi connectivity index (χ0v) is 15.4. The molecule has 0 saturated heterocycles. The van der Waals surface area contributed by atoms with Crippen LogP contribution in [0.5, 0.6) is 0 Å². The first kappa shape index (κ1) is 18.0. The van der Waals surface area contributed by atoms with Crippen molar-refractivity contribution in [2.45, 2.75) is 33.0 Å². The Bertz CT molecular complexity index is 492. The SMILES string of the molecule is CSC(=NC[Si](C)(C)C)c1ccc(CCOC(C)=O)cc1. The summed E-state index contributed by atoms with van der Waals surface area (Å²) in [6.07, 6.45) is 3.77. The van der Waals surface area contributed by atoms with Gasteiger partial charge >= 0.3 is 5.97 Å². The molecule has 0 bridgehead atoms. The molecule has 0 radical (unpaired) electrons. The van der Waals surface area contributed by atoms with Crippen LogP contribution in [0.4, 0.5) is 0 Å². The highest BCUT2D eigenvalue weighted by atomic mass is 32.2. The second-order valence-electron chi connectivity index (χ2n) is 6.17. The van der Waals surface area contributed by atoms with Crippen molar-refractivity contribution in [2.75, 3.05) is 19.0 Å². The molecule has 1 rings (SSSR count). The first-order valence-corrected chi connectivity index (χ1v) is 12.1. The normalized spacial score (nSPS) is 12.3. The van der Waals surface area contributed by atoms with Gasteiger partial charge in [-0.25, -0.2) is 0 Å². The van der Waals surface area contributed by atoms with Gasteiger partial charge in [0.05, 0.1) is 19.7 Å². The van der Waals surface area contributed by atoms with E-state index in [1.54, 1.807) is 11.8 Å². The zero-order valence-electron chi connectivity index (χ0n) is 13.6. The fourth-order valence-electron chi connectivity index (χ4n) is 1.71. The van der Waals surface area contributed by atoms with Crippen LogP contribution in [-0.2, 0) is 16.0 Å². The lowest BCUT2D eigenvalue weighted by Gasteiger charge is -2.13. The summed E-state index contributed by atoms with van der Waals surface area (Å²) in [7, 11) is -1.16. The predicted octanol–water partition coefficient (Wildman–Crippen LogP) is 3.78. The number of hydrogen-bond acceptors (Lipinski definition) is 4. The van der Waals surface area contributed by atoms with E-state index >= 15 is 0 Å². The quantitative estimate of drug-likeness (QED) is 0.346. The van der Waals surface area contributed by atoms with Crippen molar-refractivity contribution in [3.05, 3.63) is 35.4 Å². The minimum atomic E-state index is -1.16. The molecule has 0 saturated carbocycles. The third-order valence-electron chi connectivity index (χ3n) is 2.79. The van der Waals surface area contributed by atoms with E-state index in [1.807, 2.05) is 0 Å². The van der Waals surface area contributed by atoms with Gasteiger partial charge < -0.3 is 4.74 Å². The van der Waals surface area contributed by atoms with Crippen molar-refractivity contribution in [1.29, 1.82) is 0 Å². The first-order chi connectivity index (χ1) is 9.81. The maximum atomic E-state index is 10.7. The highest BCUT2D eigenvalue weighted by Gasteiger charge is 2.13. The molecule has 0 N–H and O–H groups in total. The summed E-state index contributed by atoms with van der Waals surface area (Å²) >= 11 is 1.69. The minimum absolute atomic E-state index is 0.227. The highest BCUT2D eigenvalue weighted by molar-refractivity contribution is 8.13. The van der Waals surface area contributed by atoms with E-state index in [1.165, 1.54) is 12.5 Å². The van der Waals surface area contributed by atoms with Gasteiger partial charge in [0.2, 0.25) is 0 Å². The smallest absolute Gasteiger partial charge is 0.302 e. The van der Waals surface area contributed by atoms with E-state index in [2.05, 4.69) is 50.2 Å². The summed E-state index contributed by atoms with van der Waals surface area (Å²) in [5.41, 5.74) is 2.34. The lowest BCUT2D eigenvalue weighted by molar-refractivity contribution is -0.140. The molecule has 116 valence electrons. The lowest BCUT2D eigenvalue weighted by Crippen LogP contribution is -2.25. The third kappa shape index (κ3) is 7.48. The average molecular weight is 324 g/mol. The van der Waals surface area contributed by atoms with Gasteiger partial charge in [0.1, 0.15) is 0 Å². The molecule has 1 aromatic rings. The van der Waals surface area contributed by atoms with Crippen LogP contribution in [0, 0.1) is 0 Å². The molecule has 5 heteroatoms. The van der Waals surface area contributed by atoms with E-state index in [9.17, 15) is 4.79 Å². The number of thioether (sulfide) groups is 1. The Labute approximate surface area is 133 Å². The van der Waals surface area contributed by atoms with Crippen molar-refractivity contribution in [2.24, 2.45) is 4.99 Å². The number of rotatable bonds is 6. The Balaban J connectivity index is 2.68. The molecule has 0 heterocycles. The van der Waals surface area contributed by atoms with Crippen LogP contribution >= 0.6 is 11.8 Å². The molecule has 1 aromatic carbocycles. The van der Waals surface area contributed by atoms with Crippen LogP contribution in [0.3, 0.4) is 0 Å². The van der Waals surface area contributed by atoms with Crippen molar-refractivity contribution >= 4 is 30.8 Å². The second-order valence-corrected chi connectivity index (χ2v) is 12.4. The fourth-order valence-corrected chi connectivity index (χ4v) is 3.02. The summed E-state index contributed by atoms with van der Waals surface area (Å²) in [6, 6.07) is 8.36. The highest BCUT2D eigenvalue weighted by Crippen LogP contribution is 2.14. The van der Waals surface area contributed by atoms with Gasteiger partial charge in [-0.3, -0.25) is 9.79 Å². The van der Waals surface area contributed by atoms with Crippen molar-refractivity contribution in [3.8, 4) is 0 Å². The number of aliphatic imine (C=N–C) groups is 1. The van der Waals surface area contributed by atoms with Gasteiger partial charge in [0.15, 0.2) is 0 Å². The molecule has 0 unspecified atom stereocenters. The summed E-state index contributed by atoms with van der Waals surface area (Å²) in [6.45, 7) is 8.85. The standard InChI is InChI=1S/C16H25NO2SSi/c1-13(18)19-11-10-14-6-8-15(9-7-14)16(20-2)17-12-21(3,4)5/h6-9H,10-12H2,1-5H3. The second kappa shape index (κ2) is 8.39. The molecule has 0 aliphatic rings. The fraction of sp³-hybridized carbons (Fsp3) is 0.500. The Morgan fingerprint density at radius 1 is 1.24 bits per heavy atom. The van der Waals surface area contributed by atoms with Crippen molar-refractivity contribution < 1.29 is 9.53 Å². The van der Waals surface area contributed by atoms with Crippen LogP contribution in [0.1, 0.15) is 18.1 Å². The van der Waals surface area contributed by atoms with E-state index in [0.717, 1.165) is 23.2 Å².